The highest BCUT2D eigenvalue weighted by molar-refractivity contribution is 4.87. The lowest BCUT2D eigenvalue weighted by atomic mass is 10.0. The summed E-state index contributed by atoms with van der Waals surface area (Å²) in [6.07, 6.45) is 0.141. The highest BCUT2D eigenvalue weighted by Gasteiger charge is 2.33. The number of alkyl halides is 1. The first-order chi connectivity index (χ1) is 5.95. The summed E-state index contributed by atoms with van der Waals surface area (Å²) in [7, 11) is 0. The average molecular weight is 188 g/mol. The van der Waals surface area contributed by atoms with Crippen LogP contribution in [-0.4, -0.2) is 36.2 Å². The van der Waals surface area contributed by atoms with Crippen molar-refractivity contribution < 1.29 is 4.39 Å². The van der Waals surface area contributed by atoms with E-state index in [-0.39, 0.29) is 18.0 Å². The minimum absolute atomic E-state index is 0.157. The monoisotopic (exact) mass is 188 g/mol. The van der Waals surface area contributed by atoms with Crippen LogP contribution in [0.5, 0.6) is 0 Å². The third-order valence-corrected chi connectivity index (χ3v) is 2.91. The molecule has 1 saturated heterocycles. The molecule has 0 aliphatic carbocycles. The van der Waals surface area contributed by atoms with Gasteiger partial charge in [0.15, 0.2) is 0 Å². The minimum atomic E-state index is -0.813. The number of halogens is 1. The number of nitrogens with two attached hydrogens (primary N) is 1. The van der Waals surface area contributed by atoms with Gasteiger partial charge in [-0.1, -0.05) is 0 Å². The normalized spacial score (nSPS) is 27.9. The summed E-state index contributed by atoms with van der Waals surface area (Å²) in [6.45, 7) is 8.56. The summed E-state index contributed by atoms with van der Waals surface area (Å²) in [5, 5.41) is 0. The maximum absolute atomic E-state index is 13.2. The Hall–Kier alpha value is -0.150. The Morgan fingerprint density at radius 3 is 2.54 bits per heavy atom. The molecule has 0 radical (unpaired) electrons. The Morgan fingerprint density at radius 2 is 2.15 bits per heavy atom. The molecule has 0 spiro atoms. The lowest BCUT2D eigenvalue weighted by molar-refractivity contribution is 0.152. The fraction of sp³-hybridized carbons (Fsp3) is 1.00. The van der Waals surface area contributed by atoms with Crippen LogP contribution in [0.3, 0.4) is 0 Å². The van der Waals surface area contributed by atoms with Crippen LogP contribution >= 0.6 is 0 Å². The molecule has 1 aliphatic rings. The van der Waals surface area contributed by atoms with Crippen LogP contribution in [0.2, 0.25) is 0 Å². The Balaban J connectivity index is 2.45. The quantitative estimate of drug-likeness (QED) is 0.710. The van der Waals surface area contributed by atoms with E-state index in [2.05, 4.69) is 25.7 Å². The molecule has 0 aromatic carbocycles. The highest BCUT2D eigenvalue weighted by atomic mass is 19.1. The van der Waals surface area contributed by atoms with Crippen molar-refractivity contribution in [3.63, 3.8) is 0 Å². The van der Waals surface area contributed by atoms with Crippen molar-refractivity contribution >= 4 is 0 Å². The second-order valence-electron chi connectivity index (χ2n) is 4.92. The third kappa shape index (κ3) is 2.64. The summed E-state index contributed by atoms with van der Waals surface area (Å²) >= 11 is 0. The van der Waals surface area contributed by atoms with E-state index in [1.54, 1.807) is 0 Å². The molecular formula is C10H21FN2. The maximum atomic E-state index is 13.2. The zero-order valence-electron chi connectivity index (χ0n) is 8.89. The number of hydrogen-bond donors (Lipinski definition) is 1. The van der Waals surface area contributed by atoms with Crippen molar-refractivity contribution in [2.24, 2.45) is 11.7 Å². The van der Waals surface area contributed by atoms with Gasteiger partial charge in [0.25, 0.3) is 0 Å². The zero-order valence-corrected chi connectivity index (χ0v) is 8.89. The van der Waals surface area contributed by atoms with Crippen LogP contribution in [-0.2, 0) is 0 Å². The van der Waals surface area contributed by atoms with Gasteiger partial charge in [-0.05, 0) is 33.7 Å². The predicted octanol–water partition coefficient (Wildman–Crippen LogP) is 1.40. The Morgan fingerprint density at radius 1 is 1.54 bits per heavy atom. The van der Waals surface area contributed by atoms with Crippen LogP contribution in [0.1, 0.15) is 27.2 Å². The first-order valence-electron chi connectivity index (χ1n) is 5.04. The van der Waals surface area contributed by atoms with Crippen molar-refractivity contribution in [2.75, 3.05) is 19.6 Å². The largest absolute Gasteiger partial charge is 0.328 e. The summed E-state index contributed by atoms with van der Waals surface area (Å²) in [6, 6.07) is 0. The molecule has 1 heterocycles. The summed E-state index contributed by atoms with van der Waals surface area (Å²) in [5.41, 5.74) is 5.48. The minimum Gasteiger partial charge on any atom is -0.328 e. The van der Waals surface area contributed by atoms with Gasteiger partial charge in [0.1, 0.15) is 6.17 Å². The second-order valence-corrected chi connectivity index (χ2v) is 4.92. The maximum Gasteiger partial charge on any atom is 0.116 e. The van der Waals surface area contributed by atoms with E-state index in [0.29, 0.717) is 0 Å². The SMILES string of the molecule is CC(C)(C)N1CCC(C(F)CN)C1. The van der Waals surface area contributed by atoms with Crippen LogP contribution in [0, 0.1) is 5.92 Å². The Labute approximate surface area is 80.3 Å². The molecule has 1 rings (SSSR count). The number of hydrogen-bond acceptors (Lipinski definition) is 2. The van der Waals surface area contributed by atoms with Crippen molar-refractivity contribution in [3.8, 4) is 0 Å². The van der Waals surface area contributed by atoms with E-state index in [9.17, 15) is 4.39 Å². The lowest BCUT2D eigenvalue weighted by Crippen LogP contribution is -2.40. The Bertz CT molecular complexity index is 165. The summed E-state index contributed by atoms with van der Waals surface area (Å²) in [4.78, 5) is 2.33. The number of nitrogens with zero attached hydrogens (tertiary/aromatic N) is 1. The molecule has 78 valence electrons. The van der Waals surface area contributed by atoms with Gasteiger partial charge in [-0.2, -0.15) is 0 Å². The molecule has 2 N–H and O–H groups in total. The fourth-order valence-corrected chi connectivity index (χ4v) is 1.88. The number of rotatable bonds is 2. The van der Waals surface area contributed by atoms with Crippen molar-refractivity contribution in [2.45, 2.75) is 38.9 Å². The molecule has 13 heavy (non-hydrogen) atoms. The van der Waals surface area contributed by atoms with Gasteiger partial charge in [0, 0.05) is 24.5 Å². The number of likely N-dealkylation sites (tertiary alicyclic amines) is 1. The van der Waals surface area contributed by atoms with Crippen LogP contribution in [0.4, 0.5) is 4.39 Å². The van der Waals surface area contributed by atoms with E-state index in [0.717, 1.165) is 19.5 Å². The van der Waals surface area contributed by atoms with Crippen molar-refractivity contribution in [3.05, 3.63) is 0 Å². The summed E-state index contributed by atoms with van der Waals surface area (Å²) < 4.78 is 13.2. The van der Waals surface area contributed by atoms with E-state index in [1.807, 2.05) is 0 Å². The van der Waals surface area contributed by atoms with E-state index in [4.69, 9.17) is 5.73 Å². The predicted molar refractivity (Wildman–Crippen MR) is 53.4 cm³/mol. The van der Waals surface area contributed by atoms with E-state index >= 15 is 0 Å². The first-order valence-corrected chi connectivity index (χ1v) is 5.04. The second kappa shape index (κ2) is 3.93. The molecule has 0 aromatic heterocycles. The molecule has 1 fully saturated rings. The standard InChI is InChI=1S/C10H21FN2/c1-10(2,3)13-5-4-8(7-13)9(11)6-12/h8-9H,4-7,12H2,1-3H3. The smallest absolute Gasteiger partial charge is 0.116 e. The van der Waals surface area contributed by atoms with Gasteiger partial charge >= 0.3 is 0 Å². The Kier molecular flexibility index (Phi) is 3.30. The molecule has 3 heteroatoms. The molecule has 1 aliphatic heterocycles. The third-order valence-electron chi connectivity index (χ3n) is 2.91. The molecule has 0 bridgehead atoms. The lowest BCUT2D eigenvalue weighted by Gasteiger charge is -2.31. The molecule has 2 unspecified atom stereocenters. The highest BCUT2D eigenvalue weighted by Crippen LogP contribution is 2.27. The van der Waals surface area contributed by atoms with Crippen LogP contribution < -0.4 is 5.73 Å². The van der Waals surface area contributed by atoms with Gasteiger partial charge in [-0.3, -0.25) is 4.90 Å². The van der Waals surface area contributed by atoms with Crippen molar-refractivity contribution in [1.82, 2.24) is 4.90 Å². The van der Waals surface area contributed by atoms with Crippen LogP contribution in [0.15, 0.2) is 0 Å². The zero-order chi connectivity index (χ0) is 10.1. The van der Waals surface area contributed by atoms with Gasteiger partial charge < -0.3 is 5.73 Å². The first kappa shape index (κ1) is 10.9. The molecule has 2 atom stereocenters. The van der Waals surface area contributed by atoms with E-state index < -0.39 is 6.17 Å². The van der Waals surface area contributed by atoms with Crippen molar-refractivity contribution in [1.29, 1.82) is 0 Å². The fourth-order valence-electron chi connectivity index (χ4n) is 1.88. The van der Waals surface area contributed by atoms with Gasteiger partial charge in [0.2, 0.25) is 0 Å². The molecular weight excluding hydrogens is 167 g/mol. The van der Waals surface area contributed by atoms with Crippen LogP contribution in [0.25, 0.3) is 0 Å². The summed E-state index contributed by atoms with van der Waals surface area (Å²) in [5.74, 6) is 0.157. The van der Waals surface area contributed by atoms with Gasteiger partial charge in [-0.15, -0.1) is 0 Å². The molecule has 2 nitrogen and oxygen atoms in total. The molecule has 0 saturated carbocycles. The molecule has 0 aromatic rings. The van der Waals surface area contributed by atoms with E-state index in [1.165, 1.54) is 0 Å². The van der Waals surface area contributed by atoms with Gasteiger partial charge in [-0.25, -0.2) is 4.39 Å². The molecule has 0 amide bonds. The average Bonchev–Trinajstić information content (AvgIpc) is 2.50. The van der Waals surface area contributed by atoms with Gasteiger partial charge in [0.05, 0.1) is 0 Å². The topological polar surface area (TPSA) is 29.3 Å².